The van der Waals surface area contributed by atoms with Gasteiger partial charge in [0, 0.05) is 40.5 Å². The Morgan fingerprint density at radius 3 is 2.00 bits per heavy atom. The molecule has 4 heteroatoms. The Labute approximate surface area is 144 Å². The van der Waals surface area contributed by atoms with Gasteiger partial charge in [-0.2, -0.15) is 0 Å². The number of hydrogen-bond acceptors (Lipinski definition) is 4. The zero-order valence-electron chi connectivity index (χ0n) is 12.9. The second-order valence-electron chi connectivity index (χ2n) is 6.31. The molecule has 2 nitrogen and oxygen atoms in total. The number of piperidine rings is 1. The molecule has 0 amide bonds. The van der Waals surface area contributed by atoms with E-state index < -0.39 is 0 Å². The van der Waals surface area contributed by atoms with Crippen molar-refractivity contribution in [2.24, 2.45) is 5.92 Å². The molecule has 1 saturated heterocycles. The quantitative estimate of drug-likeness (QED) is 0.759. The molecule has 2 aliphatic rings. The van der Waals surface area contributed by atoms with E-state index in [1.54, 1.807) is 22.7 Å². The third-order valence-corrected chi connectivity index (χ3v) is 5.94. The molecule has 2 aromatic rings. The van der Waals surface area contributed by atoms with Crippen molar-refractivity contribution < 1.29 is 4.79 Å². The highest BCUT2D eigenvalue weighted by molar-refractivity contribution is 7.11. The van der Waals surface area contributed by atoms with Crippen molar-refractivity contribution in [1.82, 2.24) is 4.90 Å². The summed E-state index contributed by atoms with van der Waals surface area (Å²) in [7, 11) is 0. The van der Waals surface area contributed by atoms with Crippen LogP contribution in [0.2, 0.25) is 0 Å². The average molecular weight is 342 g/mol. The molecule has 0 spiro atoms. The summed E-state index contributed by atoms with van der Waals surface area (Å²) in [6.07, 6.45) is 6.85. The topological polar surface area (TPSA) is 20.3 Å². The molecule has 0 aromatic carbocycles. The Kier molecular flexibility index (Phi) is 4.29. The maximum Gasteiger partial charge on any atom is 0.187 e. The fourth-order valence-corrected chi connectivity index (χ4v) is 4.36. The molecule has 2 aromatic heterocycles. The van der Waals surface area contributed by atoms with E-state index >= 15 is 0 Å². The third kappa shape index (κ3) is 3.71. The Hall–Kier alpha value is -1.49. The second kappa shape index (κ2) is 6.56. The predicted molar refractivity (Wildman–Crippen MR) is 98.8 cm³/mol. The Bertz CT molecular complexity index is 680. The van der Waals surface area contributed by atoms with Gasteiger partial charge in [0.25, 0.3) is 0 Å². The number of carbonyl (C=O) groups is 1. The Balaban J connectivity index is 1.63. The molecular formula is C19H19NOS2. The molecule has 0 N–H and O–H groups in total. The molecule has 0 radical (unpaired) electrons. The van der Waals surface area contributed by atoms with E-state index in [9.17, 15) is 4.79 Å². The lowest BCUT2D eigenvalue weighted by Crippen LogP contribution is -2.38. The molecule has 0 atom stereocenters. The first-order valence-electron chi connectivity index (χ1n) is 8.03. The van der Waals surface area contributed by atoms with E-state index in [-0.39, 0.29) is 5.78 Å². The summed E-state index contributed by atoms with van der Waals surface area (Å²) in [4.78, 5) is 17.6. The molecule has 0 unspecified atom stereocenters. The van der Waals surface area contributed by atoms with Crippen LogP contribution in [-0.2, 0) is 4.79 Å². The van der Waals surface area contributed by atoms with Gasteiger partial charge in [-0.1, -0.05) is 12.1 Å². The first-order valence-corrected chi connectivity index (χ1v) is 9.79. The van der Waals surface area contributed by atoms with Crippen LogP contribution in [0.15, 0.2) is 46.2 Å². The first kappa shape index (κ1) is 15.1. The van der Waals surface area contributed by atoms with E-state index in [0.717, 1.165) is 46.5 Å². The maximum atomic E-state index is 12.9. The fourth-order valence-electron chi connectivity index (χ4n) is 2.99. The van der Waals surface area contributed by atoms with Gasteiger partial charge < -0.3 is 0 Å². The monoisotopic (exact) mass is 341 g/mol. The van der Waals surface area contributed by atoms with Crippen LogP contribution in [0.4, 0.5) is 0 Å². The van der Waals surface area contributed by atoms with Gasteiger partial charge in [-0.05, 0) is 53.8 Å². The molecule has 3 heterocycles. The van der Waals surface area contributed by atoms with E-state index in [2.05, 4.69) is 39.9 Å². The molecule has 23 heavy (non-hydrogen) atoms. The van der Waals surface area contributed by atoms with E-state index in [0.29, 0.717) is 0 Å². The maximum absolute atomic E-state index is 12.9. The largest absolute Gasteiger partial charge is 0.294 e. The van der Waals surface area contributed by atoms with Crippen molar-refractivity contribution in [2.75, 3.05) is 19.6 Å². The van der Waals surface area contributed by atoms with Crippen molar-refractivity contribution in [2.45, 2.75) is 12.8 Å². The fraction of sp³-hybridized carbons (Fsp3) is 0.316. The Morgan fingerprint density at radius 1 is 1.00 bits per heavy atom. The average Bonchev–Trinajstić information content (AvgIpc) is 3.01. The zero-order chi connectivity index (χ0) is 15.6. The lowest BCUT2D eigenvalue weighted by molar-refractivity contribution is -0.113. The summed E-state index contributed by atoms with van der Waals surface area (Å²) < 4.78 is 0. The standard InChI is InChI=1S/C19H19NOS2/c21-19-15(9-17-3-1-7-22-17)12-20(11-14-5-6-14)13-16(19)10-18-4-2-8-23-18/h1-4,7-10,14H,5-6,11-13H2/b15-9+,16-10+. The lowest BCUT2D eigenvalue weighted by Gasteiger charge is -2.29. The smallest absolute Gasteiger partial charge is 0.187 e. The van der Waals surface area contributed by atoms with E-state index in [1.807, 2.05) is 12.1 Å². The van der Waals surface area contributed by atoms with Crippen molar-refractivity contribution >= 4 is 40.6 Å². The van der Waals surface area contributed by atoms with Crippen molar-refractivity contribution in [3.63, 3.8) is 0 Å². The summed E-state index contributed by atoms with van der Waals surface area (Å²) in [5.74, 6) is 1.06. The molecule has 1 aliphatic heterocycles. The lowest BCUT2D eigenvalue weighted by atomic mass is 9.96. The van der Waals surface area contributed by atoms with Crippen LogP contribution in [0.25, 0.3) is 12.2 Å². The number of Topliss-reactive ketones (excluding diaryl/α,β-unsaturated/α-hetero) is 1. The number of nitrogens with zero attached hydrogens (tertiary/aromatic N) is 1. The van der Waals surface area contributed by atoms with E-state index in [4.69, 9.17) is 0 Å². The summed E-state index contributed by atoms with van der Waals surface area (Å²) in [5.41, 5.74) is 1.87. The highest BCUT2D eigenvalue weighted by Crippen LogP contribution is 2.32. The molecule has 1 saturated carbocycles. The zero-order valence-corrected chi connectivity index (χ0v) is 14.5. The minimum atomic E-state index is 0.221. The van der Waals surface area contributed by atoms with Gasteiger partial charge in [-0.3, -0.25) is 9.69 Å². The van der Waals surface area contributed by atoms with Gasteiger partial charge in [0.05, 0.1) is 0 Å². The number of ketones is 1. The minimum absolute atomic E-state index is 0.221. The minimum Gasteiger partial charge on any atom is -0.294 e. The molecule has 4 rings (SSSR count). The van der Waals surface area contributed by atoms with Gasteiger partial charge in [0.2, 0.25) is 0 Å². The molecule has 118 valence electrons. The van der Waals surface area contributed by atoms with Crippen LogP contribution in [0.5, 0.6) is 0 Å². The van der Waals surface area contributed by atoms with Crippen LogP contribution in [0.3, 0.4) is 0 Å². The third-order valence-electron chi connectivity index (χ3n) is 4.30. The molecule has 0 bridgehead atoms. The second-order valence-corrected chi connectivity index (χ2v) is 8.27. The van der Waals surface area contributed by atoms with Crippen LogP contribution in [0.1, 0.15) is 22.6 Å². The van der Waals surface area contributed by atoms with Crippen molar-refractivity contribution in [3.8, 4) is 0 Å². The van der Waals surface area contributed by atoms with Gasteiger partial charge >= 0.3 is 0 Å². The molecule has 2 fully saturated rings. The van der Waals surface area contributed by atoms with Gasteiger partial charge in [-0.15, -0.1) is 22.7 Å². The number of thiophene rings is 2. The Morgan fingerprint density at radius 2 is 1.57 bits per heavy atom. The predicted octanol–water partition coefficient (Wildman–Crippen LogP) is 4.57. The van der Waals surface area contributed by atoms with Gasteiger partial charge in [0.1, 0.15) is 0 Å². The van der Waals surface area contributed by atoms with Crippen LogP contribution in [0, 0.1) is 5.92 Å². The number of likely N-dealkylation sites (tertiary alicyclic amines) is 1. The number of hydrogen-bond donors (Lipinski definition) is 0. The highest BCUT2D eigenvalue weighted by atomic mass is 32.1. The first-order chi connectivity index (χ1) is 11.3. The van der Waals surface area contributed by atoms with Crippen LogP contribution < -0.4 is 0 Å². The van der Waals surface area contributed by atoms with Gasteiger partial charge in [0.15, 0.2) is 5.78 Å². The van der Waals surface area contributed by atoms with E-state index in [1.165, 1.54) is 12.8 Å². The normalized spacial score (nSPS) is 23.0. The summed E-state index contributed by atoms with van der Waals surface area (Å²) in [6.45, 7) is 2.70. The van der Waals surface area contributed by atoms with Crippen LogP contribution in [-0.4, -0.2) is 30.3 Å². The molecular weight excluding hydrogens is 322 g/mol. The van der Waals surface area contributed by atoms with Crippen molar-refractivity contribution in [3.05, 3.63) is 55.9 Å². The highest BCUT2D eigenvalue weighted by Gasteiger charge is 2.30. The summed E-state index contributed by atoms with van der Waals surface area (Å²) in [6, 6.07) is 8.23. The van der Waals surface area contributed by atoms with Gasteiger partial charge in [-0.25, -0.2) is 0 Å². The SMILES string of the molecule is O=C1/C(=C/c2cccs2)CN(CC2CC2)C/C1=C\c1cccs1. The van der Waals surface area contributed by atoms with Crippen LogP contribution >= 0.6 is 22.7 Å². The number of rotatable bonds is 4. The molecule has 1 aliphatic carbocycles. The van der Waals surface area contributed by atoms with Crippen molar-refractivity contribution in [1.29, 1.82) is 0 Å². The number of carbonyl (C=O) groups excluding carboxylic acids is 1. The summed E-state index contributed by atoms with van der Waals surface area (Å²) in [5, 5.41) is 4.12. The summed E-state index contributed by atoms with van der Waals surface area (Å²) >= 11 is 3.38.